The molecule has 0 saturated carbocycles. The van der Waals surface area contributed by atoms with Gasteiger partial charge in [0.1, 0.15) is 5.76 Å². The third kappa shape index (κ3) is 3.29. The monoisotopic (exact) mass is 224 g/mol. The van der Waals surface area contributed by atoms with E-state index in [-0.39, 0.29) is 5.91 Å². The van der Waals surface area contributed by atoms with Gasteiger partial charge in [0, 0.05) is 38.8 Å². The van der Waals surface area contributed by atoms with Crippen LogP contribution in [0.2, 0.25) is 0 Å². The lowest BCUT2D eigenvalue weighted by Gasteiger charge is -2.36. The molecule has 0 atom stereocenters. The van der Waals surface area contributed by atoms with E-state index in [9.17, 15) is 4.79 Å². The minimum Gasteiger partial charge on any atom is -0.497 e. The molecule has 1 amide bonds. The van der Waals surface area contributed by atoms with Crippen molar-refractivity contribution in [3.05, 3.63) is 24.1 Å². The highest BCUT2D eigenvalue weighted by molar-refractivity contribution is 5.73. The van der Waals surface area contributed by atoms with E-state index in [1.165, 1.54) is 0 Å². The molecule has 1 aliphatic rings. The van der Waals surface area contributed by atoms with Crippen molar-refractivity contribution in [1.29, 1.82) is 0 Å². The van der Waals surface area contributed by atoms with Crippen molar-refractivity contribution in [3.63, 3.8) is 0 Å². The van der Waals surface area contributed by atoms with Gasteiger partial charge in [-0.05, 0) is 13.0 Å². The van der Waals surface area contributed by atoms with E-state index < -0.39 is 0 Å². The summed E-state index contributed by atoms with van der Waals surface area (Å²) in [5.74, 6) is 0.814. The molecule has 1 aliphatic heterocycles. The van der Waals surface area contributed by atoms with E-state index in [4.69, 9.17) is 4.74 Å². The highest BCUT2D eigenvalue weighted by atomic mass is 16.5. The highest BCUT2D eigenvalue weighted by Gasteiger charge is 2.18. The third-order valence-electron chi connectivity index (χ3n) is 2.86. The summed E-state index contributed by atoms with van der Waals surface area (Å²) in [6, 6.07) is 0. The number of hydrogen-bond acceptors (Lipinski definition) is 3. The summed E-state index contributed by atoms with van der Waals surface area (Å²) in [5.41, 5.74) is 1.13. The fourth-order valence-electron chi connectivity index (χ4n) is 1.76. The Morgan fingerprint density at radius 3 is 2.12 bits per heavy atom. The predicted molar refractivity (Wildman–Crippen MR) is 63.7 cm³/mol. The Labute approximate surface area is 97.2 Å². The maximum atomic E-state index is 11.2. The molecule has 0 aromatic heterocycles. The summed E-state index contributed by atoms with van der Waals surface area (Å²) in [7, 11) is 1.61. The lowest BCUT2D eigenvalue weighted by Crippen LogP contribution is -2.47. The first kappa shape index (κ1) is 12.6. The van der Waals surface area contributed by atoms with E-state index in [2.05, 4.69) is 11.5 Å². The molecular formula is C12H20N2O2. The highest BCUT2D eigenvalue weighted by Crippen LogP contribution is 2.11. The van der Waals surface area contributed by atoms with Crippen molar-refractivity contribution in [2.24, 2.45) is 0 Å². The second-order valence-electron chi connectivity index (χ2n) is 3.95. The van der Waals surface area contributed by atoms with Crippen LogP contribution in [0, 0.1) is 0 Å². The van der Waals surface area contributed by atoms with Crippen molar-refractivity contribution >= 4 is 5.91 Å². The van der Waals surface area contributed by atoms with Crippen molar-refractivity contribution in [2.75, 3.05) is 33.3 Å². The van der Waals surface area contributed by atoms with Crippen LogP contribution in [0.1, 0.15) is 13.8 Å². The summed E-state index contributed by atoms with van der Waals surface area (Å²) in [4.78, 5) is 15.3. The molecule has 0 aromatic rings. The van der Waals surface area contributed by atoms with Crippen LogP contribution in [0.15, 0.2) is 24.1 Å². The molecule has 4 heteroatoms. The van der Waals surface area contributed by atoms with Gasteiger partial charge < -0.3 is 14.5 Å². The first-order chi connectivity index (χ1) is 7.54. The maximum absolute atomic E-state index is 11.2. The first-order valence-electron chi connectivity index (χ1n) is 5.46. The van der Waals surface area contributed by atoms with Crippen LogP contribution < -0.4 is 0 Å². The number of carbonyl (C=O) groups excluding carboxylic acids is 1. The largest absolute Gasteiger partial charge is 0.497 e. The first-order valence-corrected chi connectivity index (χ1v) is 5.46. The average molecular weight is 224 g/mol. The van der Waals surface area contributed by atoms with Crippen LogP contribution in [0.5, 0.6) is 0 Å². The van der Waals surface area contributed by atoms with Gasteiger partial charge in [0.25, 0.3) is 0 Å². The molecule has 1 saturated heterocycles. The molecule has 4 nitrogen and oxygen atoms in total. The van der Waals surface area contributed by atoms with Crippen LogP contribution in [-0.2, 0) is 9.53 Å². The van der Waals surface area contributed by atoms with E-state index in [0.717, 1.165) is 31.9 Å². The number of rotatable bonds is 3. The Morgan fingerprint density at radius 1 is 1.19 bits per heavy atom. The number of piperazine rings is 1. The van der Waals surface area contributed by atoms with Gasteiger partial charge in [0.05, 0.1) is 7.11 Å². The summed E-state index contributed by atoms with van der Waals surface area (Å²) < 4.78 is 5.01. The fraction of sp³-hybridized carbons (Fsp3) is 0.583. The number of allylic oxidation sites excluding steroid dienone is 2. The molecule has 0 bridgehead atoms. The number of carbonyl (C=O) groups is 1. The van der Waals surface area contributed by atoms with Crippen molar-refractivity contribution in [3.8, 4) is 0 Å². The number of methoxy groups -OCH3 is 1. The van der Waals surface area contributed by atoms with E-state index >= 15 is 0 Å². The van der Waals surface area contributed by atoms with E-state index in [1.807, 2.05) is 17.9 Å². The van der Waals surface area contributed by atoms with Crippen molar-refractivity contribution in [1.82, 2.24) is 9.80 Å². The normalized spacial score (nSPS) is 17.3. The molecule has 1 rings (SSSR count). The zero-order valence-corrected chi connectivity index (χ0v) is 10.3. The quantitative estimate of drug-likeness (QED) is 0.533. The zero-order valence-electron chi connectivity index (χ0n) is 10.3. The lowest BCUT2D eigenvalue weighted by molar-refractivity contribution is -0.130. The van der Waals surface area contributed by atoms with Gasteiger partial charge in [-0.15, -0.1) is 0 Å². The maximum Gasteiger partial charge on any atom is 0.219 e. The Morgan fingerprint density at radius 2 is 1.69 bits per heavy atom. The van der Waals surface area contributed by atoms with Crippen LogP contribution >= 0.6 is 0 Å². The van der Waals surface area contributed by atoms with Gasteiger partial charge in [-0.2, -0.15) is 0 Å². The second-order valence-corrected chi connectivity index (χ2v) is 3.95. The topological polar surface area (TPSA) is 32.8 Å². The Kier molecular flexibility index (Phi) is 4.40. The Hall–Kier alpha value is -1.45. The molecule has 0 spiro atoms. The molecule has 1 fully saturated rings. The summed E-state index contributed by atoms with van der Waals surface area (Å²) >= 11 is 0. The molecule has 0 unspecified atom stereocenters. The molecule has 16 heavy (non-hydrogen) atoms. The van der Waals surface area contributed by atoms with Crippen LogP contribution in [0.4, 0.5) is 0 Å². The molecular weight excluding hydrogens is 204 g/mol. The SMILES string of the molecule is C=C(C=C(C)N1CCN(C(C)=O)CC1)OC. The van der Waals surface area contributed by atoms with Gasteiger partial charge in [0.15, 0.2) is 0 Å². The molecule has 0 N–H and O–H groups in total. The Balaban J connectivity index is 2.50. The lowest BCUT2D eigenvalue weighted by atomic mass is 10.2. The zero-order chi connectivity index (χ0) is 12.1. The van der Waals surface area contributed by atoms with Gasteiger partial charge in [0.2, 0.25) is 5.91 Å². The minimum absolute atomic E-state index is 0.155. The summed E-state index contributed by atoms with van der Waals surface area (Å²) in [6.07, 6.45) is 1.92. The number of amides is 1. The van der Waals surface area contributed by atoms with E-state index in [0.29, 0.717) is 5.76 Å². The molecule has 0 aliphatic carbocycles. The van der Waals surface area contributed by atoms with Crippen LogP contribution in [0.3, 0.4) is 0 Å². The smallest absolute Gasteiger partial charge is 0.219 e. The average Bonchev–Trinajstić information content (AvgIpc) is 2.28. The second kappa shape index (κ2) is 5.58. The van der Waals surface area contributed by atoms with E-state index in [1.54, 1.807) is 14.0 Å². The van der Waals surface area contributed by atoms with Crippen LogP contribution in [-0.4, -0.2) is 49.0 Å². The van der Waals surface area contributed by atoms with Crippen LogP contribution in [0.25, 0.3) is 0 Å². The molecule has 0 aromatic carbocycles. The molecule has 1 heterocycles. The van der Waals surface area contributed by atoms with Gasteiger partial charge in [-0.3, -0.25) is 4.79 Å². The summed E-state index contributed by atoms with van der Waals surface area (Å²) in [6.45, 7) is 10.7. The van der Waals surface area contributed by atoms with Gasteiger partial charge in [-0.25, -0.2) is 0 Å². The standard InChI is InChI=1S/C12H20N2O2/c1-10(9-11(2)16-4)13-5-7-14(8-6-13)12(3)15/h9H,2,5-8H2,1,3-4H3. The summed E-state index contributed by atoms with van der Waals surface area (Å²) in [5, 5.41) is 0. The molecule has 0 radical (unpaired) electrons. The van der Waals surface area contributed by atoms with Crippen molar-refractivity contribution < 1.29 is 9.53 Å². The Bertz CT molecular complexity index is 302. The predicted octanol–water partition coefficient (Wildman–Crippen LogP) is 1.21. The van der Waals surface area contributed by atoms with Gasteiger partial charge in [-0.1, -0.05) is 6.58 Å². The number of ether oxygens (including phenoxy) is 1. The van der Waals surface area contributed by atoms with Gasteiger partial charge >= 0.3 is 0 Å². The number of nitrogens with zero attached hydrogens (tertiary/aromatic N) is 2. The fourth-order valence-corrected chi connectivity index (χ4v) is 1.76. The minimum atomic E-state index is 0.155. The third-order valence-corrected chi connectivity index (χ3v) is 2.86. The molecule has 90 valence electrons. The van der Waals surface area contributed by atoms with Crippen molar-refractivity contribution in [2.45, 2.75) is 13.8 Å². The number of hydrogen-bond donors (Lipinski definition) is 0.